The standard InChI is InChI=1S/C15H26N2O4/c1-12(15(19)16-7-9-21-10-8-16)17-6-4-3-5-13(17)11-14(18)20-2/h12-13H,3-11H2,1-2H3. The first-order valence-electron chi connectivity index (χ1n) is 7.82. The van der Waals surface area contributed by atoms with Crippen LogP contribution in [0.2, 0.25) is 0 Å². The Morgan fingerprint density at radius 3 is 2.62 bits per heavy atom. The molecule has 2 aliphatic heterocycles. The van der Waals surface area contributed by atoms with Gasteiger partial charge in [-0.25, -0.2) is 0 Å². The SMILES string of the molecule is COC(=O)CC1CCCCN1C(C)C(=O)N1CCOCC1. The van der Waals surface area contributed by atoms with Crippen molar-refractivity contribution in [2.45, 2.75) is 44.7 Å². The second kappa shape index (κ2) is 7.75. The fourth-order valence-electron chi connectivity index (χ4n) is 3.22. The molecule has 0 aromatic rings. The minimum absolute atomic E-state index is 0.117. The van der Waals surface area contributed by atoms with Gasteiger partial charge in [-0.05, 0) is 26.3 Å². The number of hydrogen-bond donors (Lipinski definition) is 0. The normalized spacial score (nSPS) is 25.4. The third-order valence-electron chi connectivity index (χ3n) is 4.48. The van der Waals surface area contributed by atoms with E-state index in [1.54, 1.807) is 0 Å². The van der Waals surface area contributed by atoms with E-state index in [-0.39, 0.29) is 24.0 Å². The maximum atomic E-state index is 12.6. The van der Waals surface area contributed by atoms with Crippen LogP contribution in [0.3, 0.4) is 0 Å². The zero-order chi connectivity index (χ0) is 15.2. The number of rotatable bonds is 4. The average Bonchev–Trinajstić information content (AvgIpc) is 2.54. The van der Waals surface area contributed by atoms with Gasteiger partial charge in [-0.3, -0.25) is 14.5 Å². The molecule has 0 aliphatic carbocycles. The molecule has 2 saturated heterocycles. The number of ether oxygens (including phenoxy) is 2. The fourth-order valence-corrected chi connectivity index (χ4v) is 3.22. The third kappa shape index (κ3) is 4.17. The molecule has 0 spiro atoms. The molecule has 2 rings (SSSR count). The lowest BCUT2D eigenvalue weighted by Gasteiger charge is -2.41. The van der Waals surface area contributed by atoms with E-state index < -0.39 is 0 Å². The number of carbonyl (C=O) groups is 2. The van der Waals surface area contributed by atoms with Crippen molar-refractivity contribution in [3.63, 3.8) is 0 Å². The first-order valence-corrected chi connectivity index (χ1v) is 7.82. The number of amides is 1. The van der Waals surface area contributed by atoms with Crippen LogP contribution < -0.4 is 0 Å². The van der Waals surface area contributed by atoms with Gasteiger partial charge in [-0.2, -0.15) is 0 Å². The van der Waals surface area contributed by atoms with E-state index in [2.05, 4.69) is 4.90 Å². The largest absolute Gasteiger partial charge is 0.469 e. The highest BCUT2D eigenvalue weighted by Crippen LogP contribution is 2.23. The predicted octanol–water partition coefficient (Wildman–Crippen LogP) is 0.651. The molecule has 2 unspecified atom stereocenters. The first kappa shape index (κ1) is 16.2. The summed E-state index contributed by atoms with van der Waals surface area (Å²) in [7, 11) is 1.41. The summed E-state index contributed by atoms with van der Waals surface area (Å²) in [6.45, 7) is 5.39. The van der Waals surface area contributed by atoms with Crippen molar-refractivity contribution in [3.8, 4) is 0 Å². The van der Waals surface area contributed by atoms with Crippen LogP contribution >= 0.6 is 0 Å². The summed E-state index contributed by atoms with van der Waals surface area (Å²) >= 11 is 0. The van der Waals surface area contributed by atoms with Gasteiger partial charge >= 0.3 is 5.97 Å². The second-order valence-corrected chi connectivity index (χ2v) is 5.78. The van der Waals surface area contributed by atoms with Crippen LogP contribution in [0.4, 0.5) is 0 Å². The highest BCUT2D eigenvalue weighted by atomic mass is 16.5. The van der Waals surface area contributed by atoms with Crippen molar-refractivity contribution in [2.24, 2.45) is 0 Å². The van der Waals surface area contributed by atoms with Gasteiger partial charge in [0, 0.05) is 19.1 Å². The van der Waals surface area contributed by atoms with Gasteiger partial charge in [0.25, 0.3) is 0 Å². The molecule has 0 radical (unpaired) electrons. The van der Waals surface area contributed by atoms with Crippen LogP contribution in [-0.2, 0) is 19.1 Å². The lowest BCUT2D eigenvalue weighted by Crippen LogP contribution is -2.55. The minimum atomic E-state index is -0.196. The van der Waals surface area contributed by atoms with Gasteiger partial charge in [0.05, 0.1) is 32.8 Å². The van der Waals surface area contributed by atoms with Gasteiger partial charge in [-0.15, -0.1) is 0 Å². The molecule has 0 bridgehead atoms. The Hall–Kier alpha value is -1.14. The summed E-state index contributed by atoms with van der Waals surface area (Å²) in [6, 6.07) is -0.0655. The molecule has 0 aromatic carbocycles. The Labute approximate surface area is 126 Å². The van der Waals surface area contributed by atoms with Crippen LogP contribution in [0.25, 0.3) is 0 Å². The van der Waals surface area contributed by atoms with E-state index in [0.717, 1.165) is 25.8 Å². The lowest BCUT2D eigenvalue weighted by atomic mass is 9.97. The van der Waals surface area contributed by atoms with Crippen LogP contribution in [0, 0.1) is 0 Å². The predicted molar refractivity (Wildman–Crippen MR) is 77.8 cm³/mol. The van der Waals surface area contributed by atoms with Crippen LogP contribution in [0.5, 0.6) is 0 Å². The number of piperidine rings is 1. The van der Waals surface area contributed by atoms with E-state index in [9.17, 15) is 9.59 Å². The number of methoxy groups -OCH3 is 1. The molecular weight excluding hydrogens is 272 g/mol. The number of likely N-dealkylation sites (tertiary alicyclic amines) is 1. The topological polar surface area (TPSA) is 59.1 Å². The Kier molecular flexibility index (Phi) is 5.99. The summed E-state index contributed by atoms with van der Waals surface area (Å²) in [5.74, 6) is -0.0482. The fraction of sp³-hybridized carbons (Fsp3) is 0.867. The molecule has 6 nitrogen and oxygen atoms in total. The summed E-state index contributed by atoms with van der Waals surface area (Å²) in [5.41, 5.74) is 0. The molecule has 0 aromatic heterocycles. The number of esters is 1. The molecule has 1 amide bonds. The monoisotopic (exact) mass is 298 g/mol. The van der Waals surface area contributed by atoms with Crippen molar-refractivity contribution in [3.05, 3.63) is 0 Å². The smallest absolute Gasteiger partial charge is 0.307 e. The molecule has 6 heteroatoms. The van der Waals surface area contributed by atoms with Crippen LogP contribution in [-0.4, -0.2) is 73.7 Å². The van der Waals surface area contributed by atoms with Crippen molar-refractivity contribution in [1.29, 1.82) is 0 Å². The average molecular weight is 298 g/mol. The molecule has 0 saturated carbocycles. The third-order valence-corrected chi connectivity index (χ3v) is 4.48. The minimum Gasteiger partial charge on any atom is -0.469 e. The maximum Gasteiger partial charge on any atom is 0.307 e. The quantitative estimate of drug-likeness (QED) is 0.713. The number of morpholine rings is 1. The van der Waals surface area contributed by atoms with E-state index in [1.165, 1.54) is 7.11 Å². The Morgan fingerprint density at radius 1 is 1.24 bits per heavy atom. The molecule has 2 fully saturated rings. The summed E-state index contributed by atoms with van der Waals surface area (Å²) in [4.78, 5) is 28.2. The van der Waals surface area contributed by atoms with Crippen molar-refractivity contribution < 1.29 is 19.1 Å². The molecule has 2 atom stereocenters. The van der Waals surface area contributed by atoms with Crippen molar-refractivity contribution in [1.82, 2.24) is 9.80 Å². The van der Waals surface area contributed by atoms with Gasteiger partial charge < -0.3 is 14.4 Å². The molecule has 21 heavy (non-hydrogen) atoms. The first-order chi connectivity index (χ1) is 10.1. The van der Waals surface area contributed by atoms with E-state index in [1.807, 2.05) is 11.8 Å². The van der Waals surface area contributed by atoms with Gasteiger partial charge in [0.2, 0.25) is 5.91 Å². The zero-order valence-corrected chi connectivity index (χ0v) is 13.0. The van der Waals surface area contributed by atoms with Crippen LogP contribution in [0.1, 0.15) is 32.6 Å². The summed E-state index contributed by atoms with van der Waals surface area (Å²) in [5, 5.41) is 0. The van der Waals surface area contributed by atoms with E-state index >= 15 is 0 Å². The highest BCUT2D eigenvalue weighted by Gasteiger charge is 2.34. The van der Waals surface area contributed by atoms with E-state index in [0.29, 0.717) is 32.7 Å². The van der Waals surface area contributed by atoms with Gasteiger partial charge in [0.15, 0.2) is 0 Å². The number of hydrogen-bond acceptors (Lipinski definition) is 5. The number of nitrogens with zero attached hydrogens (tertiary/aromatic N) is 2. The van der Waals surface area contributed by atoms with Crippen molar-refractivity contribution >= 4 is 11.9 Å². The van der Waals surface area contributed by atoms with E-state index in [4.69, 9.17) is 9.47 Å². The molecule has 0 N–H and O–H groups in total. The van der Waals surface area contributed by atoms with Crippen molar-refractivity contribution in [2.75, 3.05) is 40.0 Å². The summed E-state index contributed by atoms with van der Waals surface area (Å²) < 4.78 is 10.1. The highest BCUT2D eigenvalue weighted by molar-refractivity contribution is 5.81. The number of carbonyl (C=O) groups excluding carboxylic acids is 2. The Balaban J connectivity index is 1.98. The van der Waals surface area contributed by atoms with Crippen LogP contribution in [0.15, 0.2) is 0 Å². The Morgan fingerprint density at radius 2 is 1.95 bits per heavy atom. The molecule has 2 aliphatic rings. The van der Waals surface area contributed by atoms with Gasteiger partial charge in [-0.1, -0.05) is 6.42 Å². The van der Waals surface area contributed by atoms with Gasteiger partial charge in [0.1, 0.15) is 0 Å². The molecular formula is C15H26N2O4. The molecule has 2 heterocycles. The zero-order valence-electron chi connectivity index (χ0n) is 13.0. The maximum absolute atomic E-state index is 12.6. The summed E-state index contributed by atoms with van der Waals surface area (Å²) in [6.07, 6.45) is 3.52. The molecule has 120 valence electrons. The Bertz CT molecular complexity index is 369. The lowest BCUT2D eigenvalue weighted by molar-refractivity contribution is -0.147. The second-order valence-electron chi connectivity index (χ2n) is 5.78.